The van der Waals surface area contributed by atoms with Crippen LogP contribution in [0.2, 0.25) is 0 Å². The van der Waals surface area contributed by atoms with E-state index >= 15 is 0 Å². The van der Waals surface area contributed by atoms with Crippen LogP contribution in [-0.4, -0.2) is 9.00 Å². The molecule has 2 nitrogen and oxygen atoms in total. The summed E-state index contributed by atoms with van der Waals surface area (Å²) >= 11 is 1.69. The van der Waals surface area contributed by atoms with Gasteiger partial charge in [-0.3, -0.25) is 0 Å². The van der Waals surface area contributed by atoms with Gasteiger partial charge in [0.05, 0.1) is 16.5 Å². The van der Waals surface area contributed by atoms with Gasteiger partial charge in [-0.15, -0.1) is 11.3 Å². The Morgan fingerprint density at radius 2 is 2.05 bits per heavy atom. The molecule has 0 fully saturated rings. The highest BCUT2D eigenvalue weighted by molar-refractivity contribution is 14.2. The molecule has 92 valence electrons. The zero-order valence-electron chi connectivity index (χ0n) is 9.88. The molecule has 0 aliphatic carbocycles. The first kappa shape index (κ1) is 12.5. The van der Waals surface area contributed by atoms with Crippen molar-refractivity contribution < 1.29 is 0 Å². The zero-order chi connectivity index (χ0) is 13.1. The van der Waals surface area contributed by atoms with Crippen molar-refractivity contribution in [1.29, 1.82) is 5.26 Å². The van der Waals surface area contributed by atoms with E-state index in [-0.39, 0.29) is 20.7 Å². The van der Waals surface area contributed by atoms with Gasteiger partial charge in [0.25, 0.3) is 0 Å². The molecule has 0 amide bonds. The summed E-state index contributed by atoms with van der Waals surface area (Å²) in [4.78, 5) is 5.95. The highest BCUT2D eigenvalue weighted by atomic mass is 127. The third-order valence-corrected chi connectivity index (χ3v) is 6.11. The van der Waals surface area contributed by atoms with Crippen LogP contribution >= 0.6 is 32.1 Å². The van der Waals surface area contributed by atoms with Gasteiger partial charge >= 0.3 is 0 Å². The molecule has 0 saturated heterocycles. The normalized spacial score (nSPS) is 13.0. The third-order valence-electron chi connectivity index (χ3n) is 2.57. The molecule has 2 aromatic rings. The van der Waals surface area contributed by atoms with E-state index in [4.69, 9.17) is 5.26 Å². The average Bonchev–Trinajstić information content (AvgIpc) is 2.88. The van der Waals surface area contributed by atoms with Gasteiger partial charge in [0.1, 0.15) is 8.71 Å². The van der Waals surface area contributed by atoms with Crippen LogP contribution < -0.4 is 0 Å². The number of aromatic nitrogens is 1. The van der Waals surface area contributed by atoms with Crippen molar-refractivity contribution in [3.63, 3.8) is 0 Å². The van der Waals surface area contributed by atoms with Crippen molar-refractivity contribution >= 4 is 54.3 Å². The van der Waals surface area contributed by atoms with E-state index in [9.17, 15) is 0 Å². The number of fused-ring (bicyclic) bond motifs is 1. The van der Waals surface area contributed by atoms with Crippen LogP contribution in [0.1, 0.15) is 21.0 Å². The molecule has 1 aromatic carbocycles. The smallest absolute Gasteiger partial charge is 0.117 e. The second kappa shape index (κ2) is 5.59. The van der Waals surface area contributed by atoms with Crippen molar-refractivity contribution in [1.82, 2.24) is 4.98 Å². The second-order valence-electron chi connectivity index (χ2n) is 3.87. The molecule has 19 heavy (non-hydrogen) atoms. The molecular weight excluding hydrogens is 367 g/mol. The maximum Gasteiger partial charge on any atom is 0.117 e. The summed E-state index contributed by atoms with van der Waals surface area (Å²) in [7, 11) is 0. The third kappa shape index (κ3) is 2.88. The van der Waals surface area contributed by atoms with E-state index in [0.29, 0.717) is 5.56 Å². The molecule has 0 atom stereocenters. The van der Waals surface area contributed by atoms with Crippen LogP contribution in [0.25, 0.3) is 18.2 Å². The number of benzene rings is 1. The van der Waals surface area contributed by atoms with Gasteiger partial charge in [-0.1, -0.05) is 45.0 Å². The van der Waals surface area contributed by atoms with Crippen molar-refractivity contribution in [2.24, 2.45) is 0 Å². The van der Waals surface area contributed by atoms with Crippen LogP contribution in [0.15, 0.2) is 30.3 Å². The Balaban J connectivity index is 1.82. The van der Waals surface area contributed by atoms with Gasteiger partial charge < -0.3 is 0 Å². The lowest BCUT2D eigenvalue weighted by molar-refractivity contribution is 1.33. The highest BCUT2D eigenvalue weighted by Crippen LogP contribution is 2.28. The number of hydrogen-bond donors (Lipinski definition) is 0. The summed E-state index contributed by atoms with van der Waals surface area (Å²) in [5.41, 5.74) is 1.77. The van der Waals surface area contributed by atoms with Crippen molar-refractivity contribution in [2.45, 2.75) is 0 Å². The van der Waals surface area contributed by atoms with Crippen molar-refractivity contribution in [3.8, 4) is 6.07 Å². The summed E-state index contributed by atoms with van der Waals surface area (Å²) in [6.45, 7) is 0. The largest absolute Gasteiger partial charge is 0.231 e. The van der Waals surface area contributed by atoms with Crippen LogP contribution in [0.5, 0.6) is 0 Å². The van der Waals surface area contributed by atoms with Crippen LogP contribution in [-0.2, 0) is 0 Å². The molecular formula is C15H9IN2S. The SMILES string of the molecule is N#Cc1ccc(/C=C/c2nc3c(s2)C=CC=I3)cc1. The maximum atomic E-state index is 8.75. The van der Waals surface area contributed by atoms with E-state index < -0.39 is 0 Å². The summed E-state index contributed by atoms with van der Waals surface area (Å²) in [5, 5.41) is 9.80. The molecule has 0 unspecified atom stereocenters. The molecule has 0 N–H and O–H groups in total. The van der Waals surface area contributed by atoms with Crippen LogP contribution in [0.4, 0.5) is 0 Å². The molecule has 2 heterocycles. The molecule has 4 heteroatoms. The Kier molecular flexibility index (Phi) is 3.67. The van der Waals surface area contributed by atoms with Gasteiger partial charge in [0.2, 0.25) is 0 Å². The second-order valence-corrected chi connectivity index (χ2v) is 7.29. The first-order valence-electron chi connectivity index (χ1n) is 5.67. The first-order valence-corrected chi connectivity index (χ1v) is 8.81. The Morgan fingerprint density at radius 3 is 2.79 bits per heavy atom. The molecule has 0 spiro atoms. The molecule has 0 saturated carbocycles. The van der Waals surface area contributed by atoms with Crippen LogP contribution in [0.3, 0.4) is 0 Å². The molecule has 0 radical (unpaired) electrons. The molecule has 1 aliphatic heterocycles. The van der Waals surface area contributed by atoms with Gasteiger partial charge in [-0.05, 0) is 33.9 Å². The van der Waals surface area contributed by atoms with E-state index in [1.165, 1.54) is 8.58 Å². The van der Waals surface area contributed by atoms with Crippen LogP contribution in [0, 0.1) is 15.0 Å². The quantitative estimate of drug-likeness (QED) is 0.739. The Bertz CT molecular complexity index is 701. The lowest BCUT2D eigenvalue weighted by atomic mass is 10.1. The van der Waals surface area contributed by atoms with Gasteiger partial charge in [-0.25, -0.2) is 4.98 Å². The summed E-state index contributed by atoms with van der Waals surface area (Å²) in [6, 6.07) is 9.67. The predicted octanol–water partition coefficient (Wildman–Crippen LogP) is 4.15. The fourth-order valence-corrected chi connectivity index (χ4v) is 4.85. The molecule has 3 rings (SSSR count). The fraction of sp³-hybridized carbons (Fsp3) is 0. The molecule has 1 aliphatic rings. The van der Waals surface area contributed by atoms with Gasteiger partial charge in [0.15, 0.2) is 0 Å². The Morgan fingerprint density at radius 1 is 1.21 bits per heavy atom. The summed E-state index contributed by atoms with van der Waals surface area (Å²) < 4.78 is 3.50. The minimum Gasteiger partial charge on any atom is -0.231 e. The predicted molar refractivity (Wildman–Crippen MR) is 90.0 cm³/mol. The summed E-state index contributed by atoms with van der Waals surface area (Å²) in [5.74, 6) is 0. The standard InChI is InChI=1S/C15H9IN2S/c17-10-12-5-3-11(4-6-12)7-8-14-18-15-13(19-14)2-1-9-16-15/h1-9H/b8-7+. The van der Waals surface area contributed by atoms with Crippen molar-refractivity contribution in [2.75, 3.05) is 0 Å². The Labute approximate surface area is 125 Å². The summed E-state index contributed by atoms with van der Waals surface area (Å²) in [6.07, 6.45) is 8.34. The number of halogens is 1. The van der Waals surface area contributed by atoms with E-state index in [2.05, 4.69) is 27.2 Å². The average molecular weight is 376 g/mol. The topological polar surface area (TPSA) is 36.7 Å². The first-order chi connectivity index (χ1) is 9.35. The maximum absolute atomic E-state index is 8.75. The van der Waals surface area contributed by atoms with Gasteiger partial charge in [-0.2, -0.15) is 5.26 Å². The number of nitrogens with zero attached hydrogens (tertiary/aromatic N) is 2. The minimum atomic E-state index is -0.0400. The highest BCUT2D eigenvalue weighted by Gasteiger charge is 2.06. The van der Waals surface area contributed by atoms with E-state index in [1.807, 2.05) is 36.4 Å². The molecule has 0 bridgehead atoms. The fourth-order valence-electron chi connectivity index (χ4n) is 1.64. The number of nitriles is 1. The monoisotopic (exact) mass is 376 g/mol. The molecule has 1 aromatic heterocycles. The lowest BCUT2D eigenvalue weighted by Crippen LogP contribution is -1.79. The number of allylic oxidation sites excluding steroid dienone is 1. The van der Waals surface area contributed by atoms with E-state index in [0.717, 1.165) is 10.6 Å². The number of thiazole rings is 1. The minimum absolute atomic E-state index is 0.0400. The van der Waals surface area contributed by atoms with Crippen molar-refractivity contribution in [3.05, 3.63) is 55.1 Å². The Hall–Kier alpha value is -1.58. The lowest BCUT2D eigenvalue weighted by Gasteiger charge is -1.92. The number of hydrogen-bond acceptors (Lipinski definition) is 3. The van der Waals surface area contributed by atoms with E-state index in [1.54, 1.807) is 11.3 Å². The number of rotatable bonds is 2. The van der Waals surface area contributed by atoms with Gasteiger partial charge in [0, 0.05) is 0 Å². The zero-order valence-corrected chi connectivity index (χ0v) is 12.9.